The Labute approximate surface area is 191 Å². The van der Waals surface area contributed by atoms with Crippen LogP contribution in [0.1, 0.15) is 49.4 Å². The van der Waals surface area contributed by atoms with Crippen molar-refractivity contribution in [1.29, 1.82) is 0 Å². The number of nitrogens with zero attached hydrogens (tertiary/aromatic N) is 2. The second-order valence-electron chi connectivity index (χ2n) is 8.51. The maximum atomic E-state index is 13.1. The average molecular weight is 460 g/mol. The first-order valence-electron chi connectivity index (χ1n) is 11.5. The fourth-order valence-electron chi connectivity index (χ4n) is 4.54. The molecule has 4 rings (SSSR count). The maximum absolute atomic E-state index is 13.1. The van der Waals surface area contributed by atoms with E-state index in [1.165, 1.54) is 7.11 Å². The van der Waals surface area contributed by atoms with Crippen molar-refractivity contribution in [3.05, 3.63) is 47.2 Å². The molecule has 174 valence electrons. The number of benzene rings is 1. The molecule has 0 saturated heterocycles. The summed E-state index contributed by atoms with van der Waals surface area (Å²) in [5.74, 6) is 0.748. The molecule has 0 radical (unpaired) electrons. The van der Waals surface area contributed by atoms with Crippen molar-refractivity contribution in [3.63, 3.8) is 0 Å². The third-order valence-electron chi connectivity index (χ3n) is 6.56. The molecule has 1 saturated carbocycles. The minimum Gasteiger partial charge on any atom is -0.479 e. The molecular weight excluding hydrogens is 426 g/mol. The van der Waals surface area contributed by atoms with Gasteiger partial charge in [0.1, 0.15) is 5.69 Å². The number of likely N-dealkylation sites (N-methyl/N-ethyl adjacent to an activating group) is 1. The van der Waals surface area contributed by atoms with E-state index in [0.717, 1.165) is 68.7 Å². The van der Waals surface area contributed by atoms with Gasteiger partial charge in [-0.3, -0.25) is 4.72 Å². The van der Waals surface area contributed by atoms with Gasteiger partial charge in [0, 0.05) is 31.8 Å². The molecule has 32 heavy (non-hydrogen) atoms. The molecule has 0 spiro atoms. The highest BCUT2D eigenvalue weighted by atomic mass is 32.2. The molecule has 2 aliphatic rings. The van der Waals surface area contributed by atoms with Crippen LogP contribution in [0.3, 0.4) is 0 Å². The molecule has 2 aromatic rings. The zero-order chi connectivity index (χ0) is 22.7. The van der Waals surface area contributed by atoms with Crippen LogP contribution in [0.15, 0.2) is 35.2 Å². The Balaban J connectivity index is 1.50. The molecule has 1 N–H and O–H groups in total. The molecule has 1 fully saturated rings. The van der Waals surface area contributed by atoms with Gasteiger partial charge >= 0.3 is 0 Å². The Morgan fingerprint density at radius 3 is 2.50 bits per heavy atom. The van der Waals surface area contributed by atoms with E-state index in [0.29, 0.717) is 23.6 Å². The predicted octanol–water partition coefficient (Wildman–Crippen LogP) is 3.59. The number of methoxy groups -OCH3 is 1. The highest BCUT2D eigenvalue weighted by molar-refractivity contribution is 7.92. The van der Waals surface area contributed by atoms with Crippen LogP contribution in [-0.4, -0.2) is 57.8 Å². The highest BCUT2D eigenvalue weighted by Crippen LogP contribution is 2.39. The third kappa shape index (κ3) is 4.92. The second-order valence-corrected chi connectivity index (χ2v) is 10.2. The Bertz CT molecular complexity index is 1030. The van der Waals surface area contributed by atoms with E-state index in [2.05, 4.69) is 21.5 Å². The summed E-state index contributed by atoms with van der Waals surface area (Å²) in [6.45, 7) is 7.78. The minimum absolute atomic E-state index is 0.232. The van der Waals surface area contributed by atoms with E-state index in [1.54, 1.807) is 12.1 Å². The summed E-state index contributed by atoms with van der Waals surface area (Å²) in [5.41, 5.74) is 3.60. The molecule has 2 heterocycles. The number of fused-ring (bicyclic) bond motifs is 1. The lowest BCUT2D eigenvalue weighted by Crippen LogP contribution is -2.29. The first-order chi connectivity index (χ1) is 15.4. The lowest BCUT2D eigenvalue weighted by Gasteiger charge is -2.35. The molecule has 0 unspecified atom stereocenters. The summed E-state index contributed by atoms with van der Waals surface area (Å²) in [6, 6.07) is 9.05. The Kier molecular flexibility index (Phi) is 7.02. The molecule has 7 nitrogen and oxygen atoms in total. The summed E-state index contributed by atoms with van der Waals surface area (Å²) in [5, 5.41) is 0. The van der Waals surface area contributed by atoms with Gasteiger partial charge in [-0.25, -0.2) is 13.4 Å². The molecule has 1 aliphatic heterocycles. The number of anilines is 1. The fourth-order valence-corrected chi connectivity index (χ4v) is 5.59. The van der Waals surface area contributed by atoms with Crippen molar-refractivity contribution >= 4 is 15.7 Å². The van der Waals surface area contributed by atoms with Crippen LogP contribution in [0.2, 0.25) is 0 Å². The Morgan fingerprint density at radius 2 is 1.84 bits per heavy atom. The number of rotatable bonds is 8. The molecule has 1 aromatic heterocycles. The molecule has 1 aromatic carbocycles. The molecule has 0 atom stereocenters. The quantitative estimate of drug-likeness (QED) is 0.650. The largest absolute Gasteiger partial charge is 0.479 e. The smallest absolute Gasteiger partial charge is 0.262 e. The monoisotopic (exact) mass is 459 g/mol. The van der Waals surface area contributed by atoms with Crippen LogP contribution in [0, 0.1) is 0 Å². The van der Waals surface area contributed by atoms with Gasteiger partial charge < -0.3 is 14.4 Å². The SMILES string of the molecule is CCOC1CC(c2ccc(S(=O)(=O)Nc3cc4c(nc3OC)CCN(CC)CC4)cc2)C1. The van der Waals surface area contributed by atoms with Crippen LogP contribution in [-0.2, 0) is 27.6 Å². The summed E-state index contributed by atoms with van der Waals surface area (Å²) >= 11 is 0. The lowest BCUT2D eigenvalue weighted by atomic mass is 9.77. The van der Waals surface area contributed by atoms with Crippen LogP contribution < -0.4 is 9.46 Å². The number of sulfonamides is 1. The van der Waals surface area contributed by atoms with Gasteiger partial charge in [-0.15, -0.1) is 0 Å². The van der Waals surface area contributed by atoms with Crippen molar-refractivity contribution < 1.29 is 17.9 Å². The number of hydrogen-bond acceptors (Lipinski definition) is 6. The Hall–Kier alpha value is -2.16. The van der Waals surface area contributed by atoms with Gasteiger partial charge in [-0.05, 0) is 68.0 Å². The normalized spacial score (nSPS) is 21.3. The van der Waals surface area contributed by atoms with Crippen molar-refractivity contribution in [1.82, 2.24) is 9.88 Å². The van der Waals surface area contributed by atoms with Gasteiger partial charge in [0.25, 0.3) is 10.0 Å². The summed E-state index contributed by atoms with van der Waals surface area (Å²) < 4.78 is 39.9. The third-order valence-corrected chi connectivity index (χ3v) is 7.94. The number of hydrogen-bond donors (Lipinski definition) is 1. The summed E-state index contributed by atoms with van der Waals surface area (Å²) in [6.07, 6.45) is 3.98. The summed E-state index contributed by atoms with van der Waals surface area (Å²) in [7, 11) is -2.23. The zero-order valence-electron chi connectivity index (χ0n) is 19.1. The van der Waals surface area contributed by atoms with E-state index in [1.807, 2.05) is 25.1 Å². The van der Waals surface area contributed by atoms with Crippen LogP contribution in [0.25, 0.3) is 0 Å². The van der Waals surface area contributed by atoms with Crippen molar-refractivity contribution in [3.8, 4) is 5.88 Å². The predicted molar refractivity (Wildman–Crippen MR) is 125 cm³/mol. The number of pyridine rings is 1. The first-order valence-corrected chi connectivity index (χ1v) is 12.9. The average Bonchev–Trinajstić information content (AvgIpc) is 2.97. The standard InChI is InChI=1S/C24H33N3O4S/c1-4-27-12-10-18-16-23(24(30-3)25-22(18)11-13-27)26-32(28,29)21-8-6-17(7-9-21)19-14-20(15-19)31-5-2/h6-9,16,19-20,26H,4-5,10-15H2,1-3H3. The highest BCUT2D eigenvalue weighted by Gasteiger charge is 2.31. The molecule has 0 amide bonds. The number of nitrogens with one attached hydrogen (secondary N) is 1. The van der Waals surface area contributed by atoms with Gasteiger partial charge in [-0.2, -0.15) is 0 Å². The van der Waals surface area contributed by atoms with Gasteiger partial charge in [-0.1, -0.05) is 19.1 Å². The van der Waals surface area contributed by atoms with Crippen LogP contribution in [0.5, 0.6) is 5.88 Å². The van der Waals surface area contributed by atoms with E-state index in [-0.39, 0.29) is 4.90 Å². The van der Waals surface area contributed by atoms with Crippen LogP contribution >= 0.6 is 0 Å². The topological polar surface area (TPSA) is 80.8 Å². The maximum Gasteiger partial charge on any atom is 0.262 e. The Morgan fingerprint density at radius 1 is 1.12 bits per heavy atom. The van der Waals surface area contributed by atoms with Crippen molar-refractivity contribution in [2.24, 2.45) is 0 Å². The van der Waals surface area contributed by atoms with E-state index < -0.39 is 10.0 Å². The minimum atomic E-state index is -3.75. The zero-order valence-corrected chi connectivity index (χ0v) is 20.0. The summed E-state index contributed by atoms with van der Waals surface area (Å²) in [4.78, 5) is 7.23. The molecule has 1 aliphatic carbocycles. The van der Waals surface area contributed by atoms with Gasteiger partial charge in [0.05, 0.1) is 18.1 Å². The van der Waals surface area contributed by atoms with Crippen molar-refractivity contribution in [2.75, 3.05) is 38.1 Å². The van der Waals surface area contributed by atoms with Gasteiger partial charge in [0.2, 0.25) is 5.88 Å². The van der Waals surface area contributed by atoms with E-state index in [4.69, 9.17) is 9.47 Å². The molecule has 8 heteroatoms. The molecule has 0 bridgehead atoms. The second kappa shape index (κ2) is 9.77. The van der Waals surface area contributed by atoms with Crippen molar-refractivity contribution in [2.45, 2.75) is 56.4 Å². The first kappa shape index (κ1) is 23.0. The lowest BCUT2D eigenvalue weighted by molar-refractivity contribution is -0.00319. The van der Waals surface area contributed by atoms with E-state index >= 15 is 0 Å². The van der Waals surface area contributed by atoms with Gasteiger partial charge in [0.15, 0.2) is 0 Å². The fraction of sp³-hybridized carbons (Fsp3) is 0.542. The van der Waals surface area contributed by atoms with E-state index in [9.17, 15) is 8.42 Å². The molecular formula is C24H33N3O4S. The number of ether oxygens (including phenoxy) is 2. The van der Waals surface area contributed by atoms with Crippen LogP contribution in [0.4, 0.5) is 5.69 Å². The number of aromatic nitrogens is 1.